The van der Waals surface area contributed by atoms with Crippen LogP contribution in [0.2, 0.25) is 5.02 Å². The first kappa shape index (κ1) is 20.0. The molecule has 0 saturated carbocycles. The Morgan fingerprint density at radius 2 is 1.62 bits per heavy atom. The summed E-state index contributed by atoms with van der Waals surface area (Å²) in [6.45, 7) is 0.227. The number of nitrogen functional groups attached to an aromatic ring is 1. The van der Waals surface area contributed by atoms with Crippen LogP contribution in [0.5, 0.6) is 0 Å². The van der Waals surface area contributed by atoms with Gasteiger partial charge in [-0.2, -0.15) is 5.26 Å². The number of nitriles is 1. The molecule has 0 fully saturated rings. The highest BCUT2D eigenvalue weighted by atomic mass is 35.5. The van der Waals surface area contributed by atoms with Crippen molar-refractivity contribution in [3.05, 3.63) is 101 Å². The normalized spacial score (nSPS) is 10.8. The Bertz CT molecular complexity index is 1060. The number of carbonyl (C=O) groups excluding carboxylic acids is 1. The molecule has 0 atom stereocenters. The standard InChI is InChI=1S/C23H19ClN4O/c24-22-9-5-4-6-17(22)15-27-23(29)18(14-25)16-28(20-7-2-1-3-8-20)21-12-10-19(26)11-13-21/h1-13,16H,15,26H2,(H,27,29)/b18-16-. The third-order valence-corrected chi connectivity index (χ3v) is 4.59. The van der Waals surface area contributed by atoms with Crippen molar-refractivity contribution in [2.75, 3.05) is 10.6 Å². The number of hydrogen-bond acceptors (Lipinski definition) is 4. The SMILES string of the molecule is N#C/C(=C/N(c1ccccc1)c1ccc(N)cc1)C(=O)NCc1ccccc1Cl. The van der Waals surface area contributed by atoms with Crippen molar-refractivity contribution < 1.29 is 4.79 Å². The first-order valence-corrected chi connectivity index (χ1v) is 9.29. The van der Waals surface area contributed by atoms with E-state index in [1.165, 1.54) is 6.20 Å². The summed E-state index contributed by atoms with van der Waals surface area (Å²) in [6.07, 6.45) is 1.52. The summed E-state index contributed by atoms with van der Waals surface area (Å²) in [5, 5.41) is 12.9. The van der Waals surface area contributed by atoms with Gasteiger partial charge in [-0.1, -0.05) is 48.0 Å². The highest BCUT2D eigenvalue weighted by Crippen LogP contribution is 2.27. The van der Waals surface area contributed by atoms with Gasteiger partial charge in [0.25, 0.3) is 5.91 Å². The van der Waals surface area contributed by atoms with Crippen LogP contribution in [0.25, 0.3) is 0 Å². The largest absolute Gasteiger partial charge is 0.399 e. The number of nitrogens with two attached hydrogens (primary N) is 1. The number of nitrogens with one attached hydrogen (secondary N) is 1. The summed E-state index contributed by atoms with van der Waals surface area (Å²) in [5.41, 5.74) is 8.75. The topological polar surface area (TPSA) is 82.2 Å². The fourth-order valence-electron chi connectivity index (χ4n) is 2.70. The molecule has 0 unspecified atom stereocenters. The molecule has 3 rings (SSSR count). The lowest BCUT2D eigenvalue weighted by Crippen LogP contribution is -2.25. The van der Waals surface area contributed by atoms with E-state index < -0.39 is 5.91 Å². The van der Waals surface area contributed by atoms with Crippen LogP contribution in [0.1, 0.15) is 5.56 Å². The highest BCUT2D eigenvalue weighted by Gasteiger charge is 2.14. The highest BCUT2D eigenvalue weighted by molar-refractivity contribution is 6.31. The number of amides is 1. The van der Waals surface area contributed by atoms with Crippen molar-refractivity contribution in [1.82, 2.24) is 5.32 Å². The van der Waals surface area contributed by atoms with E-state index in [1.54, 1.807) is 23.1 Å². The van der Waals surface area contributed by atoms with Crippen LogP contribution < -0.4 is 16.0 Å². The van der Waals surface area contributed by atoms with Crippen LogP contribution in [0, 0.1) is 11.3 Å². The lowest BCUT2D eigenvalue weighted by atomic mass is 10.2. The summed E-state index contributed by atoms with van der Waals surface area (Å²) in [5.74, 6) is -0.483. The summed E-state index contributed by atoms with van der Waals surface area (Å²) >= 11 is 6.13. The second-order valence-corrected chi connectivity index (χ2v) is 6.63. The van der Waals surface area contributed by atoms with Gasteiger partial charge in [-0.15, -0.1) is 0 Å². The number of anilines is 3. The maximum atomic E-state index is 12.6. The average molecular weight is 403 g/mol. The zero-order valence-corrected chi connectivity index (χ0v) is 16.3. The van der Waals surface area contributed by atoms with Crippen LogP contribution >= 0.6 is 11.6 Å². The van der Waals surface area contributed by atoms with E-state index in [-0.39, 0.29) is 12.1 Å². The van der Waals surface area contributed by atoms with Crippen LogP contribution in [-0.4, -0.2) is 5.91 Å². The Morgan fingerprint density at radius 3 is 2.28 bits per heavy atom. The summed E-state index contributed by atoms with van der Waals surface area (Å²) < 4.78 is 0. The van der Waals surface area contributed by atoms with Crippen molar-refractivity contribution in [3.8, 4) is 6.07 Å². The van der Waals surface area contributed by atoms with Gasteiger partial charge in [0.15, 0.2) is 0 Å². The van der Waals surface area contributed by atoms with Crippen molar-refractivity contribution in [2.24, 2.45) is 0 Å². The number of nitrogens with zero attached hydrogens (tertiary/aromatic N) is 2. The number of rotatable bonds is 6. The second-order valence-electron chi connectivity index (χ2n) is 6.23. The Kier molecular flexibility index (Phi) is 6.51. The average Bonchev–Trinajstić information content (AvgIpc) is 2.75. The number of halogens is 1. The molecule has 144 valence electrons. The van der Waals surface area contributed by atoms with Gasteiger partial charge >= 0.3 is 0 Å². The zero-order chi connectivity index (χ0) is 20.6. The van der Waals surface area contributed by atoms with Gasteiger partial charge in [-0.25, -0.2) is 0 Å². The lowest BCUT2D eigenvalue weighted by molar-refractivity contribution is -0.117. The molecule has 6 heteroatoms. The van der Waals surface area contributed by atoms with Crippen molar-refractivity contribution in [3.63, 3.8) is 0 Å². The lowest BCUT2D eigenvalue weighted by Gasteiger charge is -2.21. The number of para-hydroxylation sites is 1. The van der Waals surface area contributed by atoms with Crippen LogP contribution in [0.3, 0.4) is 0 Å². The minimum Gasteiger partial charge on any atom is -0.399 e. The van der Waals surface area contributed by atoms with E-state index in [0.29, 0.717) is 10.7 Å². The fourth-order valence-corrected chi connectivity index (χ4v) is 2.90. The predicted molar refractivity (Wildman–Crippen MR) is 116 cm³/mol. The Labute approximate surface area is 174 Å². The molecule has 29 heavy (non-hydrogen) atoms. The number of hydrogen-bond donors (Lipinski definition) is 2. The van der Waals surface area contributed by atoms with Gasteiger partial charge in [0, 0.05) is 34.8 Å². The Morgan fingerprint density at radius 1 is 1.00 bits per heavy atom. The van der Waals surface area contributed by atoms with Crippen molar-refractivity contribution in [1.29, 1.82) is 5.26 Å². The monoisotopic (exact) mass is 402 g/mol. The third-order valence-electron chi connectivity index (χ3n) is 4.23. The molecule has 0 aliphatic carbocycles. The molecule has 0 saturated heterocycles. The molecule has 3 aromatic carbocycles. The van der Waals surface area contributed by atoms with E-state index in [0.717, 1.165) is 16.9 Å². The molecule has 3 N–H and O–H groups in total. The summed E-state index contributed by atoms with van der Waals surface area (Å²) in [6, 6.07) is 25.9. The molecule has 3 aromatic rings. The quantitative estimate of drug-likeness (QED) is 0.353. The molecule has 0 heterocycles. The molecule has 0 aliphatic heterocycles. The van der Waals surface area contributed by atoms with E-state index in [2.05, 4.69) is 5.32 Å². The molecular weight excluding hydrogens is 384 g/mol. The zero-order valence-electron chi connectivity index (χ0n) is 15.5. The molecule has 5 nitrogen and oxygen atoms in total. The van der Waals surface area contributed by atoms with Crippen LogP contribution in [0.4, 0.5) is 17.1 Å². The summed E-state index contributed by atoms with van der Waals surface area (Å²) in [4.78, 5) is 14.4. The molecule has 0 radical (unpaired) electrons. The molecule has 0 aromatic heterocycles. The van der Waals surface area contributed by atoms with E-state index in [4.69, 9.17) is 17.3 Å². The van der Waals surface area contributed by atoms with Gasteiger partial charge in [0.05, 0.1) is 0 Å². The summed E-state index contributed by atoms with van der Waals surface area (Å²) in [7, 11) is 0. The van der Waals surface area contributed by atoms with E-state index in [9.17, 15) is 10.1 Å². The molecule has 1 amide bonds. The smallest absolute Gasteiger partial charge is 0.263 e. The minimum atomic E-state index is -0.483. The van der Waals surface area contributed by atoms with Crippen LogP contribution in [-0.2, 0) is 11.3 Å². The maximum Gasteiger partial charge on any atom is 0.263 e. The van der Waals surface area contributed by atoms with E-state index >= 15 is 0 Å². The van der Waals surface area contributed by atoms with Crippen molar-refractivity contribution in [2.45, 2.75) is 6.54 Å². The maximum absolute atomic E-state index is 12.6. The Balaban J connectivity index is 1.88. The van der Waals surface area contributed by atoms with Gasteiger partial charge in [-0.3, -0.25) is 4.79 Å². The molecule has 0 aliphatic rings. The number of benzene rings is 3. The van der Waals surface area contributed by atoms with Crippen molar-refractivity contribution >= 4 is 34.6 Å². The predicted octanol–water partition coefficient (Wildman–Crippen LogP) is 4.78. The first-order chi connectivity index (χ1) is 14.1. The van der Waals surface area contributed by atoms with Gasteiger partial charge in [0.1, 0.15) is 11.6 Å². The van der Waals surface area contributed by atoms with Gasteiger partial charge < -0.3 is 16.0 Å². The minimum absolute atomic E-state index is 0.0299. The Hall–Kier alpha value is -3.75. The molecule has 0 spiro atoms. The fraction of sp³-hybridized carbons (Fsp3) is 0.0435. The number of carbonyl (C=O) groups is 1. The van der Waals surface area contributed by atoms with E-state index in [1.807, 2.05) is 66.7 Å². The second kappa shape index (κ2) is 9.45. The van der Waals surface area contributed by atoms with Crippen LogP contribution in [0.15, 0.2) is 90.6 Å². The van der Waals surface area contributed by atoms with Gasteiger partial charge in [-0.05, 0) is 48.0 Å². The third kappa shape index (κ3) is 5.16. The molecular formula is C23H19ClN4O. The molecule has 0 bridgehead atoms. The first-order valence-electron chi connectivity index (χ1n) is 8.92. The van der Waals surface area contributed by atoms with Gasteiger partial charge in [0.2, 0.25) is 0 Å².